The van der Waals surface area contributed by atoms with Crippen LogP contribution in [-0.4, -0.2) is 17.4 Å². The van der Waals surface area contributed by atoms with Crippen molar-refractivity contribution < 1.29 is 9.90 Å². The van der Waals surface area contributed by atoms with Gasteiger partial charge in [0, 0.05) is 24.9 Å². The molecule has 13 heavy (non-hydrogen) atoms. The fourth-order valence-electron chi connectivity index (χ4n) is 0.864. The van der Waals surface area contributed by atoms with E-state index in [1.54, 1.807) is 0 Å². The Kier molecular flexibility index (Phi) is 3.25. The van der Waals surface area contributed by atoms with Crippen molar-refractivity contribution in [3.63, 3.8) is 0 Å². The van der Waals surface area contributed by atoms with E-state index in [2.05, 4.69) is 10.3 Å². The molecule has 1 N–H and O–H groups in total. The number of aromatic nitrogens is 1. The zero-order chi connectivity index (χ0) is 9.68. The fourth-order valence-corrected chi connectivity index (χ4v) is 0.864. The van der Waals surface area contributed by atoms with Crippen molar-refractivity contribution in [3.05, 3.63) is 24.0 Å². The van der Waals surface area contributed by atoms with Gasteiger partial charge in [0.1, 0.15) is 5.69 Å². The van der Waals surface area contributed by atoms with Crippen LogP contribution in [0.5, 0.6) is 5.75 Å². The molecule has 4 heteroatoms. The summed E-state index contributed by atoms with van der Waals surface area (Å²) in [4.78, 5) is 15.0. The van der Waals surface area contributed by atoms with Crippen molar-refractivity contribution in [2.24, 2.45) is 0 Å². The van der Waals surface area contributed by atoms with Crippen LogP contribution in [0.15, 0.2) is 18.3 Å². The van der Waals surface area contributed by atoms with E-state index < -0.39 is 0 Å². The first kappa shape index (κ1) is 9.51. The molecule has 0 saturated heterocycles. The van der Waals surface area contributed by atoms with Gasteiger partial charge in [-0.25, -0.2) is 0 Å². The first-order chi connectivity index (χ1) is 6.24. The molecule has 1 amide bonds. The van der Waals surface area contributed by atoms with Gasteiger partial charge >= 0.3 is 0 Å². The Morgan fingerprint density at radius 1 is 1.62 bits per heavy atom. The number of carbonyl (C=O) groups is 1. The number of carbonyl (C=O) groups excluding carboxylic acids is 1. The van der Waals surface area contributed by atoms with Gasteiger partial charge in [0.2, 0.25) is 0 Å². The van der Waals surface area contributed by atoms with Crippen molar-refractivity contribution in [2.75, 3.05) is 6.54 Å². The maximum atomic E-state index is 11.2. The maximum absolute atomic E-state index is 11.2. The average Bonchev–Trinajstić information content (AvgIpc) is 2.14. The Morgan fingerprint density at radius 2 is 2.38 bits per heavy atom. The quantitative estimate of drug-likeness (QED) is 0.761. The summed E-state index contributed by atoms with van der Waals surface area (Å²) in [5.74, 6) is -0.490. The van der Waals surface area contributed by atoms with Crippen LogP contribution >= 0.6 is 0 Å². The summed E-state index contributed by atoms with van der Waals surface area (Å²) < 4.78 is 0. The molecule has 0 fully saturated rings. The molecule has 0 saturated carbocycles. The molecule has 0 spiro atoms. The van der Waals surface area contributed by atoms with Gasteiger partial charge in [-0.1, -0.05) is 6.92 Å². The minimum atomic E-state index is -0.292. The number of hydrogen-bond acceptors (Lipinski definition) is 2. The van der Waals surface area contributed by atoms with Crippen LogP contribution < -0.4 is 5.32 Å². The molecule has 1 aromatic heterocycles. The van der Waals surface area contributed by atoms with E-state index in [9.17, 15) is 9.90 Å². The topological polar surface area (TPSA) is 61.9 Å². The van der Waals surface area contributed by atoms with E-state index in [1.807, 2.05) is 6.92 Å². The van der Waals surface area contributed by atoms with E-state index in [1.165, 1.54) is 18.3 Å². The predicted molar refractivity (Wildman–Crippen MR) is 47.0 cm³/mol. The molecule has 0 aliphatic carbocycles. The van der Waals surface area contributed by atoms with Gasteiger partial charge in [0.05, 0.1) is 0 Å². The molecule has 0 bridgehead atoms. The third-order valence-corrected chi connectivity index (χ3v) is 1.50. The summed E-state index contributed by atoms with van der Waals surface area (Å²) in [6.45, 7) is 2.56. The van der Waals surface area contributed by atoms with Crippen LogP contribution in [-0.2, 0) is 5.11 Å². The molecule has 0 aliphatic heterocycles. The maximum Gasteiger partial charge on any atom is 0.270 e. The Bertz CT molecular complexity index is 299. The van der Waals surface area contributed by atoms with Crippen LogP contribution in [0.25, 0.3) is 0 Å². The lowest BCUT2D eigenvalue weighted by Crippen LogP contribution is -2.24. The second-order valence-corrected chi connectivity index (χ2v) is 2.63. The number of rotatable bonds is 3. The van der Waals surface area contributed by atoms with Crippen molar-refractivity contribution in [3.8, 4) is 5.75 Å². The SMILES string of the molecule is CCCNC(=O)c1cc([O])ccn1. The summed E-state index contributed by atoms with van der Waals surface area (Å²) in [5, 5.41) is 13.5. The minimum Gasteiger partial charge on any atom is -0.351 e. The highest BCUT2D eigenvalue weighted by atomic mass is 16.3. The summed E-state index contributed by atoms with van der Waals surface area (Å²) >= 11 is 0. The molecule has 4 nitrogen and oxygen atoms in total. The zero-order valence-electron chi connectivity index (χ0n) is 7.41. The molecule has 0 atom stereocenters. The lowest BCUT2D eigenvalue weighted by atomic mass is 10.3. The third-order valence-electron chi connectivity index (χ3n) is 1.50. The molecule has 69 valence electrons. The minimum absolute atomic E-state index is 0.181. The predicted octanol–water partition coefficient (Wildman–Crippen LogP) is 1.37. The normalized spacial score (nSPS) is 9.62. The largest absolute Gasteiger partial charge is 0.351 e. The molecule has 1 aromatic rings. The Morgan fingerprint density at radius 3 is 3.00 bits per heavy atom. The van der Waals surface area contributed by atoms with Gasteiger partial charge in [0.25, 0.3) is 5.91 Å². The van der Waals surface area contributed by atoms with Crippen molar-refractivity contribution in [2.45, 2.75) is 13.3 Å². The van der Waals surface area contributed by atoms with Gasteiger partial charge in [-0.3, -0.25) is 14.9 Å². The highest BCUT2D eigenvalue weighted by Gasteiger charge is 2.06. The fraction of sp³-hybridized carbons (Fsp3) is 0.333. The monoisotopic (exact) mass is 179 g/mol. The second-order valence-electron chi connectivity index (χ2n) is 2.63. The van der Waals surface area contributed by atoms with Gasteiger partial charge < -0.3 is 5.32 Å². The van der Waals surface area contributed by atoms with E-state index in [0.717, 1.165) is 6.42 Å². The lowest BCUT2D eigenvalue weighted by Gasteiger charge is -2.01. The number of hydrogen-bond donors (Lipinski definition) is 1. The Balaban J connectivity index is 2.66. The standard InChI is InChI=1S/C9H11N2O2/c1-2-4-11-9(13)8-6-7(12)3-5-10-8/h3,5-6H,2,4H2,1H3,(H,11,13). The van der Waals surface area contributed by atoms with E-state index in [-0.39, 0.29) is 17.4 Å². The number of pyridine rings is 1. The van der Waals surface area contributed by atoms with E-state index >= 15 is 0 Å². The number of nitrogens with one attached hydrogen (secondary N) is 1. The highest BCUT2D eigenvalue weighted by Crippen LogP contribution is 2.08. The molecular weight excluding hydrogens is 168 g/mol. The summed E-state index contributed by atoms with van der Waals surface area (Å²) in [6.07, 6.45) is 2.20. The first-order valence-corrected chi connectivity index (χ1v) is 4.15. The summed E-state index contributed by atoms with van der Waals surface area (Å²) in [5.41, 5.74) is 0.181. The summed E-state index contributed by atoms with van der Waals surface area (Å²) in [7, 11) is 0. The van der Waals surface area contributed by atoms with Crippen LogP contribution in [0.4, 0.5) is 0 Å². The molecule has 0 unspecified atom stereocenters. The summed E-state index contributed by atoms with van der Waals surface area (Å²) in [6, 6.07) is 2.54. The lowest BCUT2D eigenvalue weighted by molar-refractivity contribution is 0.0948. The Labute approximate surface area is 76.6 Å². The van der Waals surface area contributed by atoms with E-state index in [0.29, 0.717) is 6.54 Å². The molecular formula is C9H11N2O2. The van der Waals surface area contributed by atoms with Crippen LogP contribution in [0, 0.1) is 0 Å². The van der Waals surface area contributed by atoms with Gasteiger partial charge in [-0.15, -0.1) is 0 Å². The zero-order valence-corrected chi connectivity index (χ0v) is 7.41. The van der Waals surface area contributed by atoms with Gasteiger partial charge in [0.15, 0.2) is 5.75 Å². The molecule has 1 heterocycles. The van der Waals surface area contributed by atoms with Gasteiger partial charge in [-0.2, -0.15) is 0 Å². The number of nitrogens with zero attached hydrogens (tertiary/aromatic N) is 1. The smallest absolute Gasteiger partial charge is 0.270 e. The Hall–Kier alpha value is -1.58. The average molecular weight is 179 g/mol. The molecule has 1 rings (SSSR count). The van der Waals surface area contributed by atoms with Crippen molar-refractivity contribution >= 4 is 5.91 Å². The van der Waals surface area contributed by atoms with Crippen molar-refractivity contribution in [1.29, 1.82) is 0 Å². The highest BCUT2D eigenvalue weighted by molar-refractivity contribution is 5.92. The first-order valence-electron chi connectivity index (χ1n) is 4.15. The third kappa shape index (κ3) is 2.74. The molecule has 0 aliphatic rings. The number of amides is 1. The van der Waals surface area contributed by atoms with Crippen LogP contribution in [0.3, 0.4) is 0 Å². The van der Waals surface area contributed by atoms with Crippen LogP contribution in [0.1, 0.15) is 23.8 Å². The molecule has 0 aromatic carbocycles. The van der Waals surface area contributed by atoms with Crippen molar-refractivity contribution in [1.82, 2.24) is 10.3 Å². The van der Waals surface area contributed by atoms with E-state index in [4.69, 9.17) is 0 Å². The van der Waals surface area contributed by atoms with Crippen LogP contribution in [0.2, 0.25) is 0 Å². The molecule has 1 radical (unpaired) electrons. The second kappa shape index (κ2) is 4.45. The van der Waals surface area contributed by atoms with Gasteiger partial charge in [-0.05, 0) is 6.42 Å².